The van der Waals surface area contributed by atoms with Crippen LogP contribution in [0.2, 0.25) is 0 Å². The number of hydrogen-bond donors (Lipinski definition) is 0. The van der Waals surface area contributed by atoms with Gasteiger partial charge in [0.25, 0.3) is 5.69 Å². The van der Waals surface area contributed by atoms with Crippen LogP contribution in [0.15, 0.2) is 42.7 Å². The molecule has 0 radical (unpaired) electrons. The maximum Gasteiger partial charge on any atom is 0.291 e. The van der Waals surface area contributed by atoms with Crippen LogP contribution in [0.4, 0.5) is 14.5 Å². The summed E-state index contributed by atoms with van der Waals surface area (Å²) in [5, 5.41) is 11.5. The topological polar surface area (TPSA) is 94.2 Å². The minimum atomic E-state index is -0.833. The monoisotopic (exact) mass is 441 g/mol. The number of hydrogen-bond acceptors (Lipinski definition) is 5. The van der Waals surface area contributed by atoms with E-state index in [-0.39, 0.29) is 40.9 Å². The first-order chi connectivity index (χ1) is 15.3. The van der Waals surface area contributed by atoms with Gasteiger partial charge in [-0.3, -0.25) is 14.9 Å². The van der Waals surface area contributed by atoms with Gasteiger partial charge in [-0.2, -0.15) is 0 Å². The fourth-order valence-corrected chi connectivity index (χ4v) is 3.97. The molecule has 1 atom stereocenters. The molecular formula is C22H21F2N5O3. The summed E-state index contributed by atoms with van der Waals surface area (Å²) in [5.41, 5.74) is -0.251. The standard InChI is InChI=1S/C22H21F2N5O3/c1-27-9-7-25-21(27)10-14-6-8-28(13-14)22(30)12-19-20(29(31)32)5-4-18(26-19)16-3-2-15(23)11-17(16)24/h2-5,7,9,11,14H,6,8,10,12-13H2,1H3. The summed E-state index contributed by atoms with van der Waals surface area (Å²) in [6.45, 7) is 1.08. The molecule has 1 fully saturated rings. The number of halogens is 2. The molecule has 0 aliphatic carbocycles. The third kappa shape index (κ3) is 4.48. The lowest BCUT2D eigenvalue weighted by Crippen LogP contribution is -2.31. The third-order valence-electron chi connectivity index (χ3n) is 5.70. The maximum atomic E-state index is 14.2. The van der Waals surface area contributed by atoms with Crippen LogP contribution in [0.3, 0.4) is 0 Å². The van der Waals surface area contributed by atoms with Gasteiger partial charge < -0.3 is 9.47 Å². The lowest BCUT2D eigenvalue weighted by atomic mass is 10.0. The van der Waals surface area contributed by atoms with Gasteiger partial charge in [0.05, 0.1) is 17.0 Å². The second kappa shape index (κ2) is 8.81. The van der Waals surface area contributed by atoms with Gasteiger partial charge in [0.15, 0.2) is 0 Å². The molecule has 1 aromatic carbocycles. The van der Waals surface area contributed by atoms with E-state index in [2.05, 4.69) is 9.97 Å². The number of nitrogens with zero attached hydrogens (tertiary/aromatic N) is 5. The van der Waals surface area contributed by atoms with E-state index >= 15 is 0 Å². The zero-order valence-corrected chi connectivity index (χ0v) is 17.4. The Morgan fingerprint density at radius 1 is 1.28 bits per heavy atom. The van der Waals surface area contributed by atoms with Gasteiger partial charge in [0.1, 0.15) is 23.2 Å². The Hall–Kier alpha value is -3.69. The molecule has 3 heterocycles. The van der Waals surface area contributed by atoms with Gasteiger partial charge in [0, 0.05) is 56.6 Å². The van der Waals surface area contributed by atoms with Crippen molar-refractivity contribution < 1.29 is 18.5 Å². The fourth-order valence-electron chi connectivity index (χ4n) is 3.97. The van der Waals surface area contributed by atoms with E-state index in [9.17, 15) is 23.7 Å². The number of rotatable bonds is 6. The molecule has 3 aromatic rings. The normalized spacial score (nSPS) is 15.8. The molecule has 32 heavy (non-hydrogen) atoms. The number of aryl methyl sites for hydroxylation is 1. The number of pyridine rings is 1. The van der Waals surface area contributed by atoms with Crippen LogP contribution >= 0.6 is 0 Å². The second-order valence-corrected chi connectivity index (χ2v) is 7.87. The van der Waals surface area contributed by atoms with Crippen LogP contribution in [0.5, 0.6) is 0 Å². The highest BCUT2D eigenvalue weighted by Gasteiger charge is 2.29. The van der Waals surface area contributed by atoms with Crippen molar-refractivity contribution in [1.82, 2.24) is 19.4 Å². The molecule has 4 rings (SSSR count). The van der Waals surface area contributed by atoms with Gasteiger partial charge in [-0.25, -0.2) is 18.7 Å². The molecule has 1 aliphatic heterocycles. The predicted octanol–water partition coefficient (Wildman–Crippen LogP) is 3.30. The molecular weight excluding hydrogens is 420 g/mol. The molecule has 2 aromatic heterocycles. The molecule has 0 spiro atoms. The SMILES string of the molecule is Cn1ccnc1CC1CCN(C(=O)Cc2nc(-c3ccc(F)cc3F)ccc2[N+](=O)[O-])C1. The Kier molecular flexibility index (Phi) is 5.93. The van der Waals surface area contributed by atoms with Crippen molar-refractivity contribution in [3.05, 3.63) is 76.0 Å². The molecule has 1 unspecified atom stereocenters. The Labute approximate surface area is 182 Å². The number of carbonyl (C=O) groups is 1. The van der Waals surface area contributed by atoms with Crippen LogP contribution in [-0.4, -0.2) is 43.4 Å². The molecule has 1 aliphatic rings. The Balaban J connectivity index is 1.51. The van der Waals surface area contributed by atoms with Crippen molar-refractivity contribution in [2.75, 3.05) is 13.1 Å². The molecule has 10 heteroatoms. The van der Waals surface area contributed by atoms with E-state index in [0.29, 0.717) is 13.1 Å². The molecule has 0 N–H and O–H groups in total. The highest BCUT2D eigenvalue weighted by atomic mass is 19.1. The molecule has 0 bridgehead atoms. The Morgan fingerprint density at radius 3 is 2.78 bits per heavy atom. The van der Waals surface area contributed by atoms with Gasteiger partial charge in [-0.1, -0.05) is 0 Å². The highest BCUT2D eigenvalue weighted by molar-refractivity contribution is 5.80. The number of aromatic nitrogens is 3. The van der Waals surface area contributed by atoms with E-state index in [4.69, 9.17) is 0 Å². The van der Waals surface area contributed by atoms with E-state index in [1.54, 1.807) is 11.1 Å². The summed E-state index contributed by atoms with van der Waals surface area (Å²) in [5.74, 6) is -0.657. The first-order valence-corrected chi connectivity index (χ1v) is 10.2. The number of imidazole rings is 1. The lowest BCUT2D eigenvalue weighted by molar-refractivity contribution is -0.385. The first kappa shape index (κ1) is 21.5. The second-order valence-electron chi connectivity index (χ2n) is 7.87. The number of nitro groups is 1. The van der Waals surface area contributed by atoms with Crippen LogP contribution in [0.25, 0.3) is 11.3 Å². The van der Waals surface area contributed by atoms with E-state index < -0.39 is 16.6 Å². The average Bonchev–Trinajstić information content (AvgIpc) is 3.37. The summed E-state index contributed by atoms with van der Waals surface area (Å²) >= 11 is 0. The number of benzene rings is 1. The van der Waals surface area contributed by atoms with Gasteiger partial charge in [-0.05, 0) is 30.5 Å². The van der Waals surface area contributed by atoms with E-state index in [1.807, 2.05) is 17.8 Å². The van der Waals surface area contributed by atoms with Crippen molar-refractivity contribution in [3.8, 4) is 11.3 Å². The average molecular weight is 441 g/mol. The highest BCUT2D eigenvalue weighted by Crippen LogP contribution is 2.27. The van der Waals surface area contributed by atoms with Crippen LogP contribution in [0.1, 0.15) is 17.9 Å². The number of amides is 1. The minimum absolute atomic E-state index is 0.00583. The summed E-state index contributed by atoms with van der Waals surface area (Å²) in [7, 11) is 1.92. The van der Waals surface area contributed by atoms with E-state index in [1.165, 1.54) is 18.2 Å². The number of likely N-dealkylation sites (tertiary alicyclic amines) is 1. The van der Waals surface area contributed by atoms with Gasteiger partial charge in [0.2, 0.25) is 5.91 Å². The Bertz CT molecular complexity index is 1180. The smallest absolute Gasteiger partial charge is 0.291 e. The largest absolute Gasteiger partial charge is 0.342 e. The summed E-state index contributed by atoms with van der Waals surface area (Å²) in [6.07, 6.45) is 4.88. The zero-order chi connectivity index (χ0) is 22.8. The van der Waals surface area contributed by atoms with Crippen molar-refractivity contribution in [2.24, 2.45) is 13.0 Å². The van der Waals surface area contributed by atoms with Gasteiger partial charge in [-0.15, -0.1) is 0 Å². The maximum absolute atomic E-state index is 14.2. The van der Waals surface area contributed by atoms with Crippen LogP contribution in [-0.2, 0) is 24.7 Å². The summed E-state index contributed by atoms with van der Waals surface area (Å²) in [6, 6.07) is 5.50. The van der Waals surface area contributed by atoms with Crippen molar-refractivity contribution in [2.45, 2.75) is 19.3 Å². The number of carbonyl (C=O) groups excluding carboxylic acids is 1. The van der Waals surface area contributed by atoms with Crippen molar-refractivity contribution in [1.29, 1.82) is 0 Å². The predicted molar refractivity (Wildman–Crippen MR) is 112 cm³/mol. The molecule has 8 nitrogen and oxygen atoms in total. The Morgan fingerprint density at radius 2 is 2.09 bits per heavy atom. The lowest BCUT2D eigenvalue weighted by Gasteiger charge is -2.17. The van der Waals surface area contributed by atoms with Gasteiger partial charge >= 0.3 is 0 Å². The first-order valence-electron chi connectivity index (χ1n) is 10.2. The van der Waals surface area contributed by atoms with Crippen LogP contribution < -0.4 is 0 Å². The van der Waals surface area contributed by atoms with Crippen molar-refractivity contribution in [3.63, 3.8) is 0 Å². The minimum Gasteiger partial charge on any atom is -0.342 e. The molecule has 1 amide bonds. The fraction of sp³-hybridized carbons (Fsp3) is 0.318. The molecule has 166 valence electrons. The molecule has 1 saturated heterocycles. The molecule has 0 saturated carbocycles. The zero-order valence-electron chi connectivity index (χ0n) is 17.4. The van der Waals surface area contributed by atoms with E-state index in [0.717, 1.165) is 30.8 Å². The third-order valence-corrected chi connectivity index (χ3v) is 5.70. The summed E-state index contributed by atoms with van der Waals surface area (Å²) < 4.78 is 29.3. The quantitative estimate of drug-likeness (QED) is 0.432. The summed E-state index contributed by atoms with van der Waals surface area (Å²) in [4.78, 5) is 33.9. The van der Waals surface area contributed by atoms with Crippen LogP contribution in [0, 0.1) is 27.7 Å². The van der Waals surface area contributed by atoms with Crippen molar-refractivity contribution >= 4 is 11.6 Å².